The lowest BCUT2D eigenvalue weighted by molar-refractivity contribution is 0.101. The van der Waals surface area contributed by atoms with Gasteiger partial charge in [-0.05, 0) is 57.2 Å². The lowest BCUT2D eigenvalue weighted by Gasteiger charge is -2.09. The van der Waals surface area contributed by atoms with Gasteiger partial charge >= 0.3 is 0 Å². The number of carbonyl (C=O) groups excluding carboxylic acids is 1. The number of imidazole rings is 1. The topological polar surface area (TPSA) is 51.9 Å². The highest BCUT2D eigenvalue weighted by Gasteiger charge is 2.11. The summed E-state index contributed by atoms with van der Waals surface area (Å²) in [5, 5.41) is 2.93. The maximum absolute atomic E-state index is 12.3. The molecular weight excluding hydrogens is 288 g/mol. The first-order chi connectivity index (χ1) is 11.0. The van der Waals surface area contributed by atoms with Crippen LogP contribution in [0.3, 0.4) is 0 Å². The number of carbonyl (C=O) groups is 1. The second kappa shape index (κ2) is 5.76. The standard InChI is InChI=1S/C18H20N4O/c1-12-5-10-17(21(12)4)18(23)20-15-6-8-16(9-7-15)22-11-19-13(2)14(22)3/h5-11H,1-4H3,(H,20,23). The van der Waals surface area contributed by atoms with Gasteiger partial charge in [0.15, 0.2) is 0 Å². The molecule has 2 aromatic heterocycles. The molecule has 0 fully saturated rings. The number of anilines is 1. The van der Waals surface area contributed by atoms with Crippen LogP contribution in [0.1, 0.15) is 27.6 Å². The maximum Gasteiger partial charge on any atom is 0.272 e. The van der Waals surface area contributed by atoms with Crippen molar-refractivity contribution in [1.29, 1.82) is 0 Å². The van der Waals surface area contributed by atoms with Crippen LogP contribution in [0.5, 0.6) is 0 Å². The molecular formula is C18H20N4O. The second-order valence-electron chi connectivity index (χ2n) is 5.71. The van der Waals surface area contributed by atoms with Gasteiger partial charge in [0, 0.05) is 29.8 Å². The van der Waals surface area contributed by atoms with Gasteiger partial charge in [0.2, 0.25) is 0 Å². The van der Waals surface area contributed by atoms with Crippen molar-refractivity contribution in [2.45, 2.75) is 20.8 Å². The Morgan fingerprint density at radius 1 is 1.04 bits per heavy atom. The summed E-state index contributed by atoms with van der Waals surface area (Å²) < 4.78 is 3.91. The average Bonchev–Trinajstić information content (AvgIpc) is 3.04. The number of benzene rings is 1. The molecule has 0 aliphatic rings. The smallest absolute Gasteiger partial charge is 0.272 e. The van der Waals surface area contributed by atoms with E-state index >= 15 is 0 Å². The van der Waals surface area contributed by atoms with E-state index in [0.717, 1.165) is 28.5 Å². The zero-order valence-electron chi connectivity index (χ0n) is 13.8. The molecule has 5 nitrogen and oxygen atoms in total. The Morgan fingerprint density at radius 3 is 2.26 bits per heavy atom. The molecule has 0 spiro atoms. The number of nitrogens with zero attached hydrogens (tertiary/aromatic N) is 3. The Balaban J connectivity index is 1.79. The zero-order valence-corrected chi connectivity index (χ0v) is 13.8. The molecule has 0 saturated heterocycles. The highest BCUT2D eigenvalue weighted by atomic mass is 16.1. The first kappa shape index (κ1) is 15.1. The van der Waals surface area contributed by atoms with Crippen molar-refractivity contribution in [2.24, 2.45) is 7.05 Å². The number of nitrogens with one attached hydrogen (secondary N) is 1. The van der Waals surface area contributed by atoms with Crippen molar-refractivity contribution < 1.29 is 4.79 Å². The van der Waals surface area contributed by atoms with Gasteiger partial charge < -0.3 is 14.5 Å². The summed E-state index contributed by atoms with van der Waals surface area (Å²) in [5.74, 6) is -0.108. The molecule has 118 valence electrons. The fraction of sp³-hybridized carbons (Fsp3) is 0.222. The fourth-order valence-electron chi connectivity index (χ4n) is 2.50. The molecule has 2 heterocycles. The Morgan fingerprint density at radius 2 is 1.74 bits per heavy atom. The van der Waals surface area contributed by atoms with Crippen LogP contribution in [-0.4, -0.2) is 20.0 Å². The van der Waals surface area contributed by atoms with E-state index in [9.17, 15) is 4.79 Å². The van der Waals surface area contributed by atoms with Crippen molar-refractivity contribution in [3.05, 3.63) is 65.5 Å². The summed E-state index contributed by atoms with van der Waals surface area (Å²) in [6, 6.07) is 11.5. The molecule has 23 heavy (non-hydrogen) atoms. The Labute approximate surface area is 135 Å². The lowest BCUT2D eigenvalue weighted by atomic mass is 10.2. The third-order valence-corrected chi connectivity index (χ3v) is 4.26. The summed E-state index contributed by atoms with van der Waals surface area (Å²) in [7, 11) is 1.89. The van der Waals surface area contributed by atoms with E-state index in [0.29, 0.717) is 5.69 Å². The van der Waals surface area contributed by atoms with Crippen LogP contribution in [-0.2, 0) is 7.05 Å². The SMILES string of the molecule is Cc1ncn(-c2ccc(NC(=O)c3ccc(C)n3C)cc2)c1C. The summed E-state index contributed by atoms with van der Waals surface area (Å²) >= 11 is 0. The summed E-state index contributed by atoms with van der Waals surface area (Å²) in [5.41, 5.74) is 5.62. The van der Waals surface area contributed by atoms with Gasteiger partial charge in [-0.15, -0.1) is 0 Å². The van der Waals surface area contributed by atoms with Crippen LogP contribution in [0.15, 0.2) is 42.7 Å². The number of hydrogen-bond donors (Lipinski definition) is 1. The second-order valence-corrected chi connectivity index (χ2v) is 5.71. The minimum Gasteiger partial charge on any atom is -0.344 e. The number of aromatic nitrogens is 3. The van der Waals surface area contributed by atoms with Gasteiger partial charge in [-0.3, -0.25) is 4.79 Å². The van der Waals surface area contributed by atoms with Crippen LogP contribution in [0.2, 0.25) is 0 Å². The summed E-state index contributed by atoms with van der Waals surface area (Å²) in [4.78, 5) is 16.6. The molecule has 1 aromatic carbocycles. The van der Waals surface area contributed by atoms with Crippen LogP contribution in [0.25, 0.3) is 5.69 Å². The molecule has 0 atom stereocenters. The van der Waals surface area contributed by atoms with E-state index < -0.39 is 0 Å². The normalized spacial score (nSPS) is 10.8. The van der Waals surface area contributed by atoms with Crippen LogP contribution in [0.4, 0.5) is 5.69 Å². The quantitative estimate of drug-likeness (QED) is 0.806. The fourth-order valence-corrected chi connectivity index (χ4v) is 2.50. The minimum absolute atomic E-state index is 0.108. The third kappa shape index (κ3) is 2.77. The average molecular weight is 308 g/mol. The van der Waals surface area contributed by atoms with Crippen molar-refractivity contribution in [3.63, 3.8) is 0 Å². The molecule has 0 unspecified atom stereocenters. The monoisotopic (exact) mass is 308 g/mol. The molecule has 0 radical (unpaired) electrons. The summed E-state index contributed by atoms with van der Waals surface area (Å²) in [6.07, 6.45) is 1.81. The van der Waals surface area contributed by atoms with Gasteiger partial charge in [-0.25, -0.2) is 4.98 Å². The number of aryl methyl sites for hydroxylation is 2. The maximum atomic E-state index is 12.3. The molecule has 3 rings (SSSR count). The minimum atomic E-state index is -0.108. The van der Waals surface area contributed by atoms with Crippen molar-refractivity contribution in [1.82, 2.24) is 14.1 Å². The van der Waals surface area contributed by atoms with E-state index in [1.807, 2.05) is 79.7 Å². The van der Waals surface area contributed by atoms with Gasteiger partial charge in [-0.2, -0.15) is 0 Å². The van der Waals surface area contributed by atoms with E-state index in [2.05, 4.69) is 10.3 Å². The first-order valence-electron chi connectivity index (χ1n) is 7.52. The van der Waals surface area contributed by atoms with E-state index in [1.54, 1.807) is 0 Å². The highest BCUT2D eigenvalue weighted by molar-refractivity contribution is 6.03. The molecule has 0 bridgehead atoms. The summed E-state index contributed by atoms with van der Waals surface area (Å²) in [6.45, 7) is 6.00. The van der Waals surface area contributed by atoms with E-state index in [1.165, 1.54) is 0 Å². The number of amides is 1. The Hall–Kier alpha value is -2.82. The molecule has 1 amide bonds. The third-order valence-electron chi connectivity index (χ3n) is 4.26. The van der Waals surface area contributed by atoms with Crippen LogP contribution >= 0.6 is 0 Å². The molecule has 5 heteroatoms. The van der Waals surface area contributed by atoms with Gasteiger partial charge in [-0.1, -0.05) is 0 Å². The zero-order chi connectivity index (χ0) is 16.6. The lowest BCUT2D eigenvalue weighted by Crippen LogP contribution is -2.16. The van der Waals surface area contributed by atoms with Gasteiger partial charge in [0.25, 0.3) is 5.91 Å². The van der Waals surface area contributed by atoms with Crippen LogP contribution in [0, 0.1) is 20.8 Å². The number of rotatable bonds is 3. The Kier molecular flexibility index (Phi) is 3.78. The van der Waals surface area contributed by atoms with Gasteiger partial charge in [0.05, 0.1) is 12.0 Å². The number of hydrogen-bond acceptors (Lipinski definition) is 2. The predicted molar refractivity (Wildman–Crippen MR) is 91.1 cm³/mol. The molecule has 1 N–H and O–H groups in total. The Bertz CT molecular complexity index is 856. The first-order valence-corrected chi connectivity index (χ1v) is 7.52. The van der Waals surface area contributed by atoms with Crippen molar-refractivity contribution in [2.75, 3.05) is 5.32 Å². The van der Waals surface area contributed by atoms with E-state index in [-0.39, 0.29) is 5.91 Å². The largest absolute Gasteiger partial charge is 0.344 e. The highest BCUT2D eigenvalue weighted by Crippen LogP contribution is 2.17. The predicted octanol–water partition coefficient (Wildman–Crippen LogP) is 3.39. The molecule has 3 aromatic rings. The molecule has 0 saturated carbocycles. The molecule has 0 aliphatic carbocycles. The van der Waals surface area contributed by atoms with E-state index in [4.69, 9.17) is 0 Å². The van der Waals surface area contributed by atoms with Crippen LogP contribution < -0.4 is 5.32 Å². The van der Waals surface area contributed by atoms with Gasteiger partial charge in [0.1, 0.15) is 5.69 Å². The molecule has 0 aliphatic heterocycles. The van der Waals surface area contributed by atoms with Crippen molar-refractivity contribution in [3.8, 4) is 5.69 Å². The van der Waals surface area contributed by atoms with Crippen molar-refractivity contribution >= 4 is 11.6 Å².